The van der Waals surface area contributed by atoms with Gasteiger partial charge in [0.1, 0.15) is 6.04 Å². The van der Waals surface area contributed by atoms with Crippen LogP contribution in [0, 0.1) is 0 Å². The molecule has 0 fully saturated rings. The number of halogens is 5. The fourth-order valence-electron chi connectivity index (χ4n) is 1.18. The first-order chi connectivity index (χ1) is 9.43. The van der Waals surface area contributed by atoms with Crippen LogP contribution in [0.15, 0.2) is 0 Å². The SMILES string of the molecule is CSCC[C@@H](NC(=O)C(F)(F)C(F)(F)F)C(=O)OC(C)C. The molecule has 1 amide bonds. The van der Waals surface area contributed by atoms with Gasteiger partial charge in [0.25, 0.3) is 0 Å². The van der Waals surface area contributed by atoms with Gasteiger partial charge < -0.3 is 10.1 Å². The highest BCUT2D eigenvalue weighted by Gasteiger charge is 2.63. The first kappa shape index (κ1) is 19.9. The second kappa shape index (κ2) is 7.81. The molecule has 0 radical (unpaired) electrons. The summed E-state index contributed by atoms with van der Waals surface area (Å²) in [5, 5.41) is 1.41. The molecule has 21 heavy (non-hydrogen) atoms. The molecular formula is C11H16F5NO3S. The zero-order chi connectivity index (χ0) is 16.8. The summed E-state index contributed by atoms with van der Waals surface area (Å²) in [5.41, 5.74) is 0. The Bertz CT molecular complexity index is 373. The number of carbonyl (C=O) groups is 2. The van der Waals surface area contributed by atoms with Crippen LogP contribution in [0.2, 0.25) is 0 Å². The molecule has 124 valence electrons. The van der Waals surface area contributed by atoms with Crippen LogP contribution in [-0.4, -0.2) is 48.1 Å². The van der Waals surface area contributed by atoms with Crippen molar-refractivity contribution in [3.63, 3.8) is 0 Å². The standard InChI is InChI=1S/C11H16F5NO3S/c1-6(2)20-8(18)7(4-5-21-3)17-9(19)10(12,13)11(14,15)16/h6-7H,4-5H2,1-3H3,(H,17,19)/t7-/m1/s1. The average Bonchev–Trinajstić information content (AvgIpc) is 2.31. The maximum Gasteiger partial charge on any atom is 0.463 e. The molecule has 4 nitrogen and oxygen atoms in total. The molecule has 0 heterocycles. The van der Waals surface area contributed by atoms with Crippen molar-refractivity contribution in [2.24, 2.45) is 0 Å². The van der Waals surface area contributed by atoms with Crippen LogP contribution < -0.4 is 5.32 Å². The van der Waals surface area contributed by atoms with Gasteiger partial charge in [-0.1, -0.05) is 0 Å². The Morgan fingerprint density at radius 3 is 2.10 bits per heavy atom. The molecule has 0 aliphatic carbocycles. The highest BCUT2D eigenvalue weighted by atomic mass is 32.2. The first-order valence-electron chi connectivity index (χ1n) is 5.88. The van der Waals surface area contributed by atoms with E-state index in [4.69, 9.17) is 4.74 Å². The minimum absolute atomic E-state index is 0.119. The topological polar surface area (TPSA) is 55.4 Å². The lowest BCUT2D eigenvalue weighted by molar-refractivity contribution is -0.270. The van der Waals surface area contributed by atoms with E-state index in [2.05, 4.69) is 0 Å². The lowest BCUT2D eigenvalue weighted by atomic mass is 10.2. The number of rotatable bonds is 7. The molecular weight excluding hydrogens is 321 g/mol. The Hall–Kier alpha value is -1.06. The molecule has 0 aromatic rings. The molecule has 0 rings (SSSR count). The van der Waals surface area contributed by atoms with Crippen molar-refractivity contribution in [3.05, 3.63) is 0 Å². The van der Waals surface area contributed by atoms with Gasteiger partial charge in [0.05, 0.1) is 6.10 Å². The minimum atomic E-state index is -6.02. The largest absolute Gasteiger partial charge is 0.463 e. The predicted molar refractivity (Wildman–Crippen MR) is 67.2 cm³/mol. The van der Waals surface area contributed by atoms with E-state index in [1.165, 1.54) is 30.9 Å². The van der Waals surface area contributed by atoms with E-state index in [1.807, 2.05) is 0 Å². The van der Waals surface area contributed by atoms with Gasteiger partial charge in [-0.2, -0.15) is 33.7 Å². The first-order valence-corrected chi connectivity index (χ1v) is 7.27. The van der Waals surface area contributed by atoms with Gasteiger partial charge in [-0.05, 0) is 32.3 Å². The van der Waals surface area contributed by atoms with E-state index < -0.39 is 36.1 Å². The quantitative estimate of drug-likeness (QED) is 0.572. The second-order valence-corrected chi connectivity index (χ2v) is 5.35. The third-order valence-electron chi connectivity index (χ3n) is 2.19. The van der Waals surface area contributed by atoms with Gasteiger partial charge in [-0.3, -0.25) is 4.79 Å². The van der Waals surface area contributed by atoms with Crippen LogP contribution in [0.3, 0.4) is 0 Å². The van der Waals surface area contributed by atoms with Crippen molar-refractivity contribution in [3.8, 4) is 0 Å². The molecule has 0 aromatic carbocycles. The summed E-state index contributed by atoms with van der Waals surface area (Å²) in [5.74, 6) is -8.91. The molecule has 10 heteroatoms. The highest BCUT2D eigenvalue weighted by Crippen LogP contribution is 2.35. The summed E-state index contributed by atoms with van der Waals surface area (Å²) in [6, 6.07) is -1.56. The third kappa shape index (κ3) is 6.06. The van der Waals surface area contributed by atoms with Crippen molar-refractivity contribution in [2.45, 2.75) is 44.5 Å². The zero-order valence-corrected chi connectivity index (χ0v) is 12.4. The number of alkyl halides is 5. The molecule has 0 aromatic heterocycles. The summed E-state index contributed by atoms with van der Waals surface area (Å²) in [6.07, 6.45) is -5.08. The van der Waals surface area contributed by atoms with E-state index in [0.717, 1.165) is 0 Å². The number of hydrogen-bond donors (Lipinski definition) is 1. The Morgan fingerprint density at radius 1 is 1.19 bits per heavy atom. The number of esters is 1. The van der Waals surface area contributed by atoms with E-state index >= 15 is 0 Å². The van der Waals surface area contributed by atoms with Crippen LogP contribution in [0.4, 0.5) is 22.0 Å². The number of nitrogens with one attached hydrogen (secondary N) is 1. The summed E-state index contributed by atoms with van der Waals surface area (Å²) in [4.78, 5) is 22.7. The summed E-state index contributed by atoms with van der Waals surface area (Å²) in [7, 11) is 0. The Morgan fingerprint density at radius 2 is 1.71 bits per heavy atom. The fourth-order valence-corrected chi connectivity index (χ4v) is 1.65. The molecule has 0 spiro atoms. The predicted octanol–water partition coefficient (Wildman–Crippen LogP) is 2.37. The second-order valence-electron chi connectivity index (χ2n) is 4.37. The van der Waals surface area contributed by atoms with Gasteiger partial charge in [0, 0.05) is 0 Å². The van der Waals surface area contributed by atoms with Crippen LogP contribution in [0.1, 0.15) is 20.3 Å². The van der Waals surface area contributed by atoms with Crippen LogP contribution >= 0.6 is 11.8 Å². The van der Waals surface area contributed by atoms with Gasteiger partial charge in [-0.25, -0.2) is 4.79 Å². The van der Waals surface area contributed by atoms with Crippen LogP contribution in [0.25, 0.3) is 0 Å². The zero-order valence-electron chi connectivity index (χ0n) is 11.6. The third-order valence-corrected chi connectivity index (χ3v) is 2.84. The van der Waals surface area contributed by atoms with Crippen molar-refractivity contribution in [1.82, 2.24) is 5.32 Å². The van der Waals surface area contributed by atoms with Gasteiger partial charge >= 0.3 is 24.0 Å². The molecule has 0 unspecified atom stereocenters. The Kier molecular flexibility index (Phi) is 7.41. The lowest BCUT2D eigenvalue weighted by Crippen LogP contribution is -2.55. The van der Waals surface area contributed by atoms with E-state index in [0.29, 0.717) is 0 Å². The smallest absolute Gasteiger partial charge is 0.461 e. The van der Waals surface area contributed by atoms with Crippen molar-refractivity contribution in [1.29, 1.82) is 0 Å². The maximum absolute atomic E-state index is 12.8. The number of carbonyl (C=O) groups excluding carboxylic acids is 2. The molecule has 0 bridgehead atoms. The van der Waals surface area contributed by atoms with Crippen molar-refractivity contribution in [2.75, 3.05) is 12.0 Å². The summed E-state index contributed by atoms with van der Waals surface area (Å²) < 4.78 is 66.6. The van der Waals surface area contributed by atoms with Crippen LogP contribution in [-0.2, 0) is 14.3 Å². The fraction of sp³-hybridized carbons (Fsp3) is 0.818. The molecule has 1 N–H and O–H groups in total. The van der Waals surface area contributed by atoms with E-state index in [1.54, 1.807) is 6.26 Å². The number of ether oxygens (including phenoxy) is 1. The van der Waals surface area contributed by atoms with Crippen molar-refractivity contribution < 1.29 is 36.3 Å². The van der Waals surface area contributed by atoms with E-state index in [9.17, 15) is 31.5 Å². The van der Waals surface area contributed by atoms with Gasteiger partial charge in [0.15, 0.2) is 0 Å². The Balaban J connectivity index is 4.96. The molecule has 1 atom stereocenters. The Labute approximate surface area is 122 Å². The molecule has 0 saturated heterocycles. The molecule has 0 aliphatic rings. The average molecular weight is 337 g/mol. The summed E-state index contributed by atoms with van der Waals surface area (Å²) >= 11 is 1.24. The number of hydrogen-bond acceptors (Lipinski definition) is 4. The summed E-state index contributed by atoms with van der Waals surface area (Å²) in [6.45, 7) is 2.96. The maximum atomic E-state index is 12.8. The highest BCUT2D eigenvalue weighted by molar-refractivity contribution is 7.98. The van der Waals surface area contributed by atoms with E-state index in [-0.39, 0.29) is 12.2 Å². The minimum Gasteiger partial charge on any atom is -0.461 e. The van der Waals surface area contributed by atoms with Crippen LogP contribution in [0.5, 0.6) is 0 Å². The monoisotopic (exact) mass is 337 g/mol. The number of thioether (sulfide) groups is 1. The normalized spacial score (nSPS) is 14.0. The lowest BCUT2D eigenvalue weighted by Gasteiger charge is -2.23. The van der Waals surface area contributed by atoms with Gasteiger partial charge in [0.2, 0.25) is 0 Å². The molecule has 0 aliphatic heterocycles. The number of amides is 1. The van der Waals surface area contributed by atoms with Gasteiger partial charge in [-0.15, -0.1) is 0 Å². The molecule has 0 saturated carbocycles. The van der Waals surface area contributed by atoms with Crippen molar-refractivity contribution >= 4 is 23.6 Å².